The van der Waals surface area contributed by atoms with Crippen molar-refractivity contribution in [1.82, 2.24) is 10.2 Å². The Labute approximate surface area is 170 Å². The maximum Gasteiger partial charge on any atom is 0.223 e. The Morgan fingerprint density at radius 3 is 2.64 bits per heavy atom. The summed E-state index contributed by atoms with van der Waals surface area (Å²) in [6.07, 6.45) is 11.8. The van der Waals surface area contributed by atoms with Crippen LogP contribution >= 0.6 is 0 Å². The Bertz CT molecular complexity index is 663. The van der Waals surface area contributed by atoms with E-state index >= 15 is 0 Å². The summed E-state index contributed by atoms with van der Waals surface area (Å²) in [6, 6.07) is 6.83. The zero-order valence-electron chi connectivity index (χ0n) is 17.4. The first-order valence-corrected chi connectivity index (χ1v) is 11.4. The number of fused-ring (bicyclic) bond motifs is 1. The number of piperidine rings is 1. The molecule has 4 nitrogen and oxygen atoms in total. The van der Waals surface area contributed by atoms with Gasteiger partial charge in [0.15, 0.2) is 0 Å². The minimum Gasteiger partial charge on any atom is -0.497 e. The molecule has 3 aliphatic rings. The normalized spacial score (nSPS) is 24.0. The van der Waals surface area contributed by atoms with Crippen LogP contribution in [0.15, 0.2) is 18.2 Å². The van der Waals surface area contributed by atoms with Crippen molar-refractivity contribution in [3.8, 4) is 5.75 Å². The lowest BCUT2D eigenvalue weighted by Crippen LogP contribution is -2.48. The van der Waals surface area contributed by atoms with Crippen LogP contribution in [0.3, 0.4) is 0 Å². The maximum atomic E-state index is 13.3. The van der Waals surface area contributed by atoms with E-state index < -0.39 is 0 Å². The third-order valence-corrected chi connectivity index (χ3v) is 7.32. The van der Waals surface area contributed by atoms with Crippen LogP contribution in [0.4, 0.5) is 0 Å². The molecule has 1 aromatic carbocycles. The molecule has 0 bridgehead atoms. The Morgan fingerprint density at radius 2 is 1.89 bits per heavy atom. The second-order valence-electron chi connectivity index (χ2n) is 9.06. The molecule has 2 fully saturated rings. The first-order valence-electron chi connectivity index (χ1n) is 11.4. The van der Waals surface area contributed by atoms with Crippen molar-refractivity contribution in [3.05, 3.63) is 29.3 Å². The van der Waals surface area contributed by atoms with Crippen LogP contribution in [0, 0.1) is 11.8 Å². The summed E-state index contributed by atoms with van der Waals surface area (Å²) in [5.41, 5.74) is 2.69. The van der Waals surface area contributed by atoms with Crippen molar-refractivity contribution in [2.45, 2.75) is 76.8 Å². The van der Waals surface area contributed by atoms with E-state index in [0.717, 1.165) is 44.1 Å². The zero-order valence-corrected chi connectivity index (χ0v) is 17.4. The van der Waals surface area contributed by atoms with Crippen molar-refractivity contribution >= 4 is 5.91 Å². The highest BCUT2D eigenvalue weighted by Crippen LogP contribution is 2.36. The van der Waals surface area contributed by atoms with Crippen molar-refractivity contribution in [2.75, 3.05) is 20.2 Å². The molecule has 1 aromatic rings. The largest absolute Gasteiger partial charge is 0.497 e. The van der Waals surface area contributed by atoms with Gasteiger partial charge in [-0.2, -0.15) is 0 Å². The van der Waals surface area contributed by atoms with Gasteiger partial charge in [0.25, 0.3) is 0 Å². The maximum absolute atomic E-state index is 13.3. The molecular weight excluding hydrogens is 348 g/mol. The predicted octanol–water partition coefficient (Wildman–Crippen LogP) is 4.31. The SMILES string of the molecule is COc1ccc2c(c1)CN(C(=O)CCC1CCNCC1)C(C1CCCCC1)C2. The number of hydrogen-bond acceptors (Lipinski definition) is 3. The van der Waals surface area contributed by atoms with E-state index in [4.69, 9.17) is 4.74 Å². The van der Waals surface area contributed by atoms with E-state index in [2.05, 4.69) is 28.4 Å². The van der Waals surface area contributed by atoms with E-state index in [1.807, 2.05) is 0 Å². The summed E-state index contributed by atoms with van der Waals surface area (Å²) in [5, 5.41) is 3.43. The first kappa shape index (κ1) is 19.8. The summed E-state index contributed by atoms with van der Waals surface area (Å²) in [5.74, 6) is 2.67. The molecule has 28 heavy (non-hydrogen) atoms. The monoisotopic (exact) mass is 384 g/mol. The van der Waals surface area contributed by atoms with Crippen LogP contribution in [0.25, 0.3) is 0 Å². The fourth-order valence-corrected chi connectivity index (χ4v) is 5.57. The minimum atomic E-state index is 0.377. The van der Waals surface area contributed by atoms with Gasteiger partial charge in [0.1, 0.15) is 5.75 Å². The molecule has 2 aliphatic heterocycles. The molecular formula is C24H36N2O2. The molecule has 1 saturated carbocycles. The highest BCUT2D eigenvalue weighted by molar-refractivity contribution is 5.77. The molecule has 1 N–H and O–H groups in total. The lowest BCUT2D eigenvalue weighted by atomic mass is 9.78. The number of rotatable bonds is 5. The Hall–Kier alpha value is -1.55. The standard InChI is InChI=1S/C24H36N2O2/c1-28-22-9-8-20-16-23(19-5-3-2-4-6-19)26(17-21(20)15-22)24(27)10-7-18-11-13-25-14-12-18/h8-9,15,18-19,23,25H,2-7,10-14,16-17H2,1H3. The molecule has 154 valence electrons. The summed E-state index contributed by atoms with van der Waals surface area (Å²) >= 11 is 0. The lowest BCUT2D eigenvalue weighted by Gasteiger charge is -2.43. The van der Waals surface area contributed by atoms with Crippen LogP contribution in [0.1, 0.15) is 68.9 Å². The van der Waals surface area contributed by atoms with E-state index in [1.54, 1.807) is 7.11 Å². The smallest absolute Gasteiger partial charge is 0.223 e. The molecule has 1 atom stereocenters. The molecule has 0 radical (unpaired) electrons. The van der Waals surface area contributed by atoms with Crippen molar-refractivity contribution < 1.29 is 9.53 Å². The third kappa shape index (κ3) is 4.53. The van der Waals surface area contributed by atoms with E-state index in [-0.39, 0.29) is 0 Å². The van der Waals surface area contributed by atoms with Crippen molar-refractivity contribution in [3.63, 3.8) is 0 Å². The fraction of sp³-hybridized carbons (Fsp3) is 0.708. The summed E-state index contributed by atoms with van der Waals surface area (Å²) in [6.45, 7) is 2.99. The number of ether oxygens (including phenoxy) is 1. The average molecular weight is 385 g/mol. The minimum absolute atomic E-state index is 0.377. The highest BCUT2D eigenvalue weighted by atomic mass is 16.5. The molecule has 1 amide bonds. The van der Waals surface area contributed by atoms with Gasteiger partial charge in [0, 0.05) is 19.0 Å². The van der Waals surface area contributed by atoms with Crippen LogP contribution in [-0.2, 0) is 17.8 Å². The zero-order chi connectivity index (χ0) is 19.3. The topological polar surface area (TPSA) is 41.6 Å². The van der Waals surface area contributed by atoms with E-state index in [9.17, 15) is 4.79 Å². The van der Waals surface area contributed by atoms with E-state index in [0.29, 0.717) is 24.3 Å². The van der Waals surface area contributed by atoms with Crippen LogP contribution < -0.4 is 10.1 Å². The van der Waals surface area contributed by atoms with Gasteiger partial charge in [-0.25, -0.2) is 0 Å². The number of carbonyl (C=O) groups is 1. The molecule has 1 aliphatic carbocycles. The van der Waals surface area contributed by atoms with Crippen LogP contribution in [-0.4, -0.2) is 37.0 Å². The van der Waals surface area contributed by atoms with Gasteiger partial charge in [-0.15, -0.1) is 0 Å². The number of carbonyl (C=O) groups excluding carboxylic acids is 1. The third-order valence-electron chi connectivity index (χ3n) is 7.32. The highest BCUT2D eigenvalue weighted by Gasteiger charge is 2.35. The first-order chi connectivity index (χ1) is 13.7. The van der Waals surface area contributed by atoms with Crippen LogP contribution in [0.5, 0.6) is 5.75 Å². The van der Waals surface area contributed by atoms with Gasteiger partial charge in [0.05, 0.1) is 7.11 Å². The average Bonchev–Trinajstić information content (AvgIpc) is 2.77. The molecule has 4 heteroatoms. The van der Waals surface area contributed by atoms with E-state index in [1.165, 1.54) is 56.1 Å². The quantitative estimate of drug-likeness (QED) is 0.822. The second kappa shape index (κ2) is 9.30. The number of methoxy groups -OCH3 is 1. The second-order valence-corrected chi connectivity index (χ2v) is 9.06. The number of hydrogen-bond donors (Lipinski definition) is 1. The number of nitrogens with zero attached hydrogens (tertiary/aromatic N) is 1. The Kier molecular flexibility index (Phi) is 6.56. The summed E-state index contributed by atoms with van der Waals surface area (Å²) in [7, 11) is 1.72. The predicted molar refractivity (Wildman–Crippen MR) is 112 cm³/mol. The molecule has 2 heterocycles. The number of amides is 1. The molecule has 1 saturated heterocycles. The van der Waals surface area contributed by atoms with Gasteiger partial charge in [-0.1, -0.05) is 25.3 Å². The van der Waals surface area contributed by atoms with Gasteiger partial charge in [-0.3, -0.25) is 4.79 Å². The summed E-state index contributed by atoms with van der Waals surface area (Å²) in [4.78, 5) is 15.6. The van der Waals surface area contributed by atoms with Crippen LogP contribution in [0.2, 0.25) is 0 Å². The molecule has 0 aromatic heterocycles. The van der Waals surface area contributed by atoms with Gasteiger partial charge < -0.3 is 15.0 Å². The molecule has 1 unspecified atom stereocenters. The van der Waals surface area contributed by atoms with Gasteiger partial charge >= 0.3 is 0 Å². The fourth-order valence-electron chi connectivity index (χ4n) is 5.57. The summed E-state index contributed by atoms with van der Waals surface area (Å²) < 4.78 is 5.44. The Balaban J connectivity index is 1.49. The van der Waals surface area contributed by atoms with Crippen molar-refractivity contribution in [1.29, 1.82) is 0 Å². The number of benzene rings is 1. The number of nitrogens with one attached hydrogen (secondary N) is 1. The lowest BCUT2D eigenvalue weighted by molar-refractivity contribution is -0.136. The van der Waals surface area contributed by atoms with Crippen molar-refractivity contribution in [2.24, 2.45) is 11.8 Å². The van der Waals surface area contributed by atoms with Gasteiger partial charge in [-0.05, 0) is 86.7 Å². The Morgan fingerprint density at radius 1 is 1.11 bits per heavy atom. The molecule has 0 spiro atoms. The van der Waals surface area contributed by atoms with Gasteiger partial charge in [0.2, 0.25) is 5.91 Å². The molecule has 4 rings (SSSR count).